The number of hydrogen-bond donors (Lipinski definition) is 4. The van der Waals surface area contributed by atoms with Gasteiger partial charge in [-0.2, -0.15) is 0 Å². The molecule has 0 aromatic heterocycles. The molecular weight excluding hydrogens is 132 g/mol. The first-order chi connectivity index (χ1) is 4.70. The van der Waals surface area contributed by atoms with Crippen LogP contribution in [0.3, 0.4) is 0 Å². The summed E-state index contributed by atoms with van der Waals surface area (Å²) < 4.78 is 0. The van der Waals surface area contributed by atoms with Crippen molar-refractivity contribution in [3.8, 4) is 0 Å². The predicted octanol–water partition coefficient (Wildman–Crippen LogP) is -1.59. The molecule has 4 heteroatoms. The van der Waals surface area contributed by atoms with Crippen LogP contribution in [0.5, 0.6) is 0 Å². The summed E-state index contributed by atoms with van der Waals surface area (Å²) in [5, 5.41) is 17.9. The van der Waals surface area contributed by atoms with E-state index in [-0.39, 0.29) is 13.1 Å². The highest BCUT2D eigenvalue weighted by Gasteiger charge is 2.05. The van der Waals surface area contributed by atoms with Crippen LogP contribution in [0, 0.1) is 0 Å². The highest BCUT2D eigenvalue weighted by atomic mass is 16.3. The highest BCUT2D eigenvalue weighted by molar-refractivity contribution is 4.61. The van der Waals surface area contributed by atoms with Crippen LogP contribution in [-0.2, 0) is 0 Å². The number of rotatable bonds is 5. The van der Waals surface area contributed by atoms with E-state index in [9.17, 15) is 0 Å². The third-order valence-corrected chi connectivity index (χ3v) is 1.38. The van der Waals surface area contributed by atoms with E-state index in [2.05, 4.69) is 0 Å². The first kappa shape index (κ1) is 9.84. The molecule has 62 valence electrons. The van der Waals surface area contributed by atoms with Gasteiger partial charge in [-0.05, 0) is 12.8 Å². The topological polar surface area (TPSA) is 92.5 Å². The molecule has 2 unspecified atom stereocenters. The van der Waals surface area contributed by atoms with Crippen molar-refractivity contribution in [3.05, 3.63) is 0 Å². The summed E-state index contributed by atoms with van der Waals surface area (Å²) in [6, 6.07) is 0. The average Bonchev–Trinajstić information content (AvgIpc) is 1.99. The molecule has 0 rings (SSSR count). The Balaban J connectivity index is 3.17. The molecule has 0 amide bonds. The zero-order chi connectivity index (χ0) is 7.98. The standard InChI is InChI=1S/C6H16N2O2/c7-3-5(9)1-2-6(10)4-8/h5-6,9-10H,1-4,7-8H2. The summed E-state index contributed by atoms with van der Waals surface area (Å²) in [5.41, 5.74) is 10.3. The molecule has 0 aliphatic heterocycles. The van der Waals surface area contributed by atoms with Crippen molar-refractivity contribution in [2.24, 2.45) is 11.5 Å². The van der Waals surface area contributed by atoms with E-state index in [1.54, 1.807) is 0 Å². The second kappa shape index (κ2) is 5.61. The van der Waals surface area contributed by atoms with Crippen LogP contribution in [0.15, 0.2) is 0 Å². The molecule has 0 saturated carbocycles. The van der Waals surface area contributed by atoms with Gasteiger partial charge in [-0.3, -0.25) is 0 Å². The smallest absolute Gasteiger partial charge is 0.0663 e. The van der Waals surface area contributed by atoms with Crippen LogP contribution in [-0.4, -0.2) is 35.5 Å². The lowest BCUT2D eigenvalue weighted by molar-refractivity contribution is 0.122. The summed E-state index contributed by atoms with van der Waals surface area (Å²) >= 11 is 0. The first-order valence-corrected chi connectivity index (χ1v) is 3.47. The molecule has 0 bridgehead atoms. The van der Waals surface area contributed by atoms with Crippen molar-refractivity contribution in [1.82, 2.24) is 0 Å². The lowest BCUT2D eigenvalue weighted by Crippen LogP contribution is -2.25. The molecule has 0 spiro atoms. The first-order valence-electron chi connectivity index (χ1n) is 3.47. The van der Waals surface area contributed by atoms with Gasteiger partial charge in [-0.15, -0.1) is 0 Å². The molecule has 0 aliphatic rings. The van der Waals surface area contributed by atoms with Crippen molar-refractivity contribution in [2.75, 3.05) is 13.1 Å². The molecule has 0 aromatic carbocycles. The summed E-state index contributed by atoms with van der Waals surface area (Å²) in [6.45, 7) is 0.495. The second-order valence-corrected chi connectivity index (χ2v) is 2.36. The van der Waals surface area contributed by atoms with Gasteiger partial charge < -0.3 is 21.7 Å². The van der Waals surface area contributed by atoms with Gasteiger partial charge in [0.15, 0.2) is 0 Å². The second-order valence-electron chi connectivity index (χ2n) is 2.36. The minimum absolute atomic E-state index is 0.247. The van der Waals surface area contributed by atoms with Crippen molar-refractivity contribution in [3.63, 3.8) is 0 Å². The molecule has 6 N–H and O–H groups in total. The van der Waals surface area contributed by atoms with Crippen LogP contribution >= 0.6 is 0 Å². The predicted molar refractivity (Wildman–Crippen MR) is 39.4 cm³/mol. The minimum Gasteiger partial charge on any atom is -0.392 e. The lowest BCUT2D eigenvalue weighted by atomic mass is 10.1. The maximum atomic E-state index is 8.93. The normalized spacial score (nSPS) is 16.8. The molecule has 0 heterocycles. The van der Waals surface area contributed by atoms with E-state index in [1.165, 1.54) is 0 Å². The lowest BCUT2D eigenvalue weighted by Gasteiger charge is -2.10. The van der Waals surface area contributed by atoms with Gasteiger partial charge >= 0.3 is 0 Å². The quantitative estimate of drug-likeness (QED) is 0.378. The van der Waals surface area contributed by atoms with Crippen molar-refractivity contribution < 1.29 is 10.2 Å². The Labute approximate surface area is 60.8 Å². The molecular formula is C6H16N2O2. The van der Waals surface area contributed by atoms with Crippen LogP contribution in [0.4, 0.5) is 0 Å². The monoisotopic (exact) mass is 148 g/mol. The van der Waals surface area contributed by atoms with Crippen molar-refractivity contribution in [2.45, 2.75) is 25.0 Å². The number of aliphatic hydroxyl groups excluding tert-OH is 2. The number of hydrogen-bond acceptors (Lipinski definition) is 4. The Morgan fingerprint density at radius 1 is 0.900 bits per heavy atom. The van der Waals surface area contributed by atoms with Crippen LogP contribution in [0.25, 0.3) is 0 Å². The fourth-order valence-corrected chi connectivity index (χ4v) is 0.620. The zero-order valence-corrected chi connectivity index (χ0v) is 6.03. The fraction of sp³-hybridized carbons (Fsp3) is 1.00. The van der Waals surface area contributed by atoms with E-state index in [0.29, 0.717) is 12.8 Å². The van der Waals surface area contributed by atoms with Gasteiger partial charge in [0.05, 0.1) is 12.2 Å². The highest BCUT2D eigenvalue weighted by Crippen LogP contribution is 1.98. The summed E-state index contributed by atoms with van der Waals surface area (Å²) in [4.78, 5) is 0. The maximum Gasteiger partial charge on any atom is 0.0663 e. The molecule has 4 nitrogen and oxygen atoms in total. The van der Waals surface area contributed by atoms with E-state index >= 15 is 0 Å². The zero-order valence-electron chi connectivity index (χ0n) is 6.03. The summed E-state index contributed by atoms with van der Waals surface area (Å²) in [7, 11) is 0. The Morgan fingerprint density at radius 2 is 1.20 bits per heavy atom. The summed E-state index contributed by atoms with van der Waals surface area (Å²) in [6.07, 6.45) is 0.0476. The van der Waals surface area contributed by atoms with E-state index in [4.69, 9.17) is 21.7 Å². The van der Waals surface area contributed by atoms with Gasteiger partial charge in [0, 0.05) is 13.1 Å². The molecule has 0 radical (unpaired) electrons. The molecule has 0 aliphatic carbocycles. The number of aliphatic hydroxyl groups is 2. The Kier molecular flexibility index (Phi) is 5.52. The van der Waals surface area contributed by atoms with Gasteiger partial charge in [-0.25, -0.2) is 0 Å². The van der Waals surface area contributed by atoms with Crippen LogP contribution < -0.4 is 11.5 Å². The molecule has 10 heavy (non-hydrogen) atoms. The third-order valence-electron chi connectivity index (χ3n) is 1.38. The van der Waals surface area contributed by atoms with Crippen LogP contribution in [0.2, 0.25) is 0 Å². The molecule has 0 fully saturated rings. The average molecular weight is 148 g/mol. The van der Waals surface area contributed by atoms with Crippen molar-refractivity contribution >= 4 is 0 Å². The molecule has 2 atom stereocenters. The van der Waals surface area contributed by atoms with Crippen LogP contribution in [0.1, 0.15) is 12.8 Å². The summed E-state index contributed by atoms with van der Waals surface area (Å²) in [5.74, 6) is 0. The van der Waals surface area contributed by atoms with E-state index in [0.717, 1.165) is 0 Å². The van der Waals surface area contributed by atoms with Gasteiger partial charge in [0.25, 0.3) is 0 Å². The Morgan fingerprint density at radius 3 is 1.40 bits per heavy atom. The van der Waals surface area contributed by atoms with E-state index < -0.39 is 12.2 Å². The minimum atomic E-state index is -0.499. The van der Waals surface area contributed by atoms with E-state index in [1.807, 2.05) is 0 Å². The van der Waals surface area contributed by atoms with Crippen molar-refractivity contribution in [1.29, 1.82) is 0 Å². The fourth-order valence-electron chi connectivity index (χ4n) is 0.620. The molecule has 0 aromatic rings. The number of nitrogens with two attached hydrogens (primary N) is 2. The largest absolute Gasteiger partial charge is 0.392 e. The maximum absolute atomic E-state index is 8.93. The molecule has 0 saturated heterocycles. The Hall–Kier alpha value is -0.160. The SMILES string of the molecule is NCC(O)CCC(O)CN. The van der Waals surface area contributed by atoms with Gasteiger partial charge in [0.2, 0.25) is 0 Å². The Bertz CT molecular complexity index is 70.1. The van der Waals surface area contributed by atoms with Gasteiger partial charge in [-0.1, -0.05) is 0 Å². The third kappa shape index (κ3) is 4.69. The van der Waals surface area contributed by atoms with Gasteiger partial charge in [0.1, 0.15) is 0 Å².